The van der Waals surface area contributed by atoms with Gasteiger partial charge in [0.05, 0.1) is 17.7 Å². The van der Waals surface area contributed by atoms with Crippen molar-refractivity contribution in [3.05, 3.63) is 10.7 Å². The number of hydrogen-bond acceptors (Lipinski definition) is 6. The lowest BCUT2D eigenvalue weighted by atomic mass is 10.3. The second kappa shape index (κ2) is 8.35. The summed E-state index contributed by atoms with van der Waals surface area (Å²) in [5.41, 5.74) is 0. The fourth-order valence-corrected chi connectivity index (χ4v) is 3.72. The Bertz CT molecular complexity index is 585. The number of anilines is 1. The van der Waals surface area contributed by atoms with E-state index < -0.39 is 0 Å². The van der Waals surface area contributed by atoms with E-state index in [1.165, 1.54) is 11.8 Å². The smallest absolute Gasteiger partial charge is 0.320 e. The zero-order valence-corrected chi connectivity index (χ0v) is 16.2. The highest BCUT2D eigenvalue weighted by molar-refractivity contribution is 9.10. The molecule has 0 N–H and O–H groups in total. The number of ether oxygens (including phenoxy) is 1. The quantitative estimate of drug-likeness (QED) is 0.543. The molecule has 1 aromatic heterocycles. The van der Waals surface area contributed by atoms with Gasteiger partial charge in [0.2, 0.25) is 0 Å². The highest BCUT2D eigenvalue weighted by Crippen LogP contribution is 2.26. The van der Waals surface area contributed by atoms with Crippen molar-refractivity contribution in [2.45, 2.75) is 11.6 Å². The number of rotatable bonds is 2. The molecule has 24 heavy (non-hydrogen) atoms. The number of thioether (sulfide) groups is 1. The molecule has 3 heterocycles. The van der Waals surface area contributed by atoms with Gasteiger partial charge < -0.3 is 19.4 Å². The molecular weight excluding hydrogens is 394 g/mol. The standard InChI is InChI=1S/C15H22BrN5O2S/c1-24-14-17-11-12(16)13(18-14)19-3-2-4-20(6-5-19)15(22)21-7-9-23-10-8-21/h11H,2-10H2,1H3. The van der Waals surface area contributed by atoms with E-state index in [1.54, 1.807) is 6.20 Å². The van der Waals surface area contributed by atoms with E-state index in [4.69, 9.17) is 4.74 Å². The highest BCUT2D eigenvalue weighted by Gasteiger charge is 2.26. The maximum atomic E-state index is 12.7. The Hall–Kier alpha value is -1.06. The molecule has 0 unspecified atom stereocenters. The van der Waals surface area contributed by atoms with Crippen LogP contribution >= 0.6 is 27.7 Å². The van der Waals surface area contributed by atoms with Gasteiger partial charge in [0.1, 0.15) is 5.82 Å². The first-order chi connectivity index (χ1) is 11.7. The molecule has 0 aromatic carbocycles. The van der Waals surface area contributed by atoms with Crippen molar-refractivity contribution in [1.82, 2.24) is 19.8 Å². The van der Waals surface area contributed by atoms with Gasteiger partial charge in [-0.2, -0.15) is 0 Å². The van der Waals surface area contributed by atoms with Crippen molar-refractivity contribution < 1.29 is 9.53 Å². The van der Waals surface area contributed by atoms with Crippen molar-refractivity contribution in [3.8, 4) is 0 Å². The van der Waals surface area contributed by atoms with E-state index in [0.717, 1.165) is 41.5 Å². The number of hydrogen-bond donors (Lipinski definition) is 0. The summed E-state index contributed by atoms with van der Waals surface area (Å²) < 4.78 is 6.23. The molecule has 2 amide bonds. The van der Waals surface area contributed by atoms with Crippen LogP contribution in [0.2, 0.25) is 0 Å². The van der Waals surface area contributed by atoms with E-state index in [0.29, 0.717) is 32.8 Å². The summed E-state index contributed by atoms with van der Waals surface area (Å²) >= 11 is 5.08. The average molecular weight is 416 g/mol. The summed E-state index contributed by atoms with van der Waals surface area (Å²) in [6.07, 6.45) is 4.70. The van der Waals surface area contributed by atoms with Gasteiger partial charge in [0.15, 0.2) is 5.16 Å². The molecule has 1 aromatic rings. The number of carbonyl (C=O) groups excluding carboxylic acids is 1. The molecule has 0 bridgehead atoms. The zero-order chi connectivity index (χ0) is 16.9. The molecule has 0 spiro atoms. The number of halogens is 1. The van der Waals surface area contributed by atoms with E-state index in [9.17, 15) is 4.79 Å². The Labute approximate surface area is 154 Å². The Kier molecular flexibility index (Phi) is 6.18. The molecule has 0 atom stereocenters. The second-order valence-electron chi connectivity index (χ2n) is 5.74. The van der Waals surface area contributed by atoms with Gasteiger partial charge in [0, 0.05) is 45.5 Å². The average Bonchev–Trinajstić information content (AvgIpc) is 2.88. The lowest BCUT2D eigenvalue weighted by molar-refractivity contribution is 0.0438. The largest absolute Gasteiger partial charge is 0.378 e. The molecule has 2 aliphatic rings. The number of urea groups is 1. The number of morpholine rings is 1. The summed E-state index contributed by atoms with van der Waals surface area (Å²) in [6.45, 7) is 5.80. The zero-order valence-electron chi connectivity index (χ0n) is 13.8. The molecule has 9 heteroatoms. The van der Waals surface area contributed by atoms with Crippen LogP contribution in [-0.4, -0.2) is 84.5 Å². The summed E-state index contributed by atoms with van der Waals surface area (Å²) in [4.78, 5) is 27.6. The van der Waals surface area contributed by atoms with Crippen LogP contribution in [0.5, 0.6) is 0 Å². The third-order valence-corrected chi connectivity index (χ3v) is 5.35. The summed E-state index contributed by atoms with van der Waals surface area (Å²) in [7, 11) is 0. The summed E-state index contributed by atoms with van der Waals surface area (Å²) in [5.74, 6) is 0.912. The van der Waals surface area contributed by atoms with E-state index in [2.05, 4.69) is 30.8 Å². The molecule has 2 fully saturated rings. The van der Waals surface area contributed by atoms with E-state index in [-0.39, 0.29) is 6.03 Å². The fourth-order valence-electron chi connectivity index (χ4n) is 2.94. The Morgan fingerprint density at radius 2 is 1.92 bits per heavy atom. The first-order valence-corrected chi connectivity index (χ1v) is 10.1. The van der Waals surface area contributed by atoms with Crippen LogP contribution in [0.3, 0.4) is 0 Å². The van der Waals surface area contributed by atoms with Gasteiger partial charge >= 0.3 is 6.03 Å². The number of aromatic nitrogens is 2. The second-order valence-corrected chi connectivity index (χ2v) is 7.37. The topological polar surface area (TPSA) is 61.8 Å². The normalized spacial score (nSPS) is 19.3. The molecule has 3 rings (SSSR count). The molecular formula is C15H22BrN5O2S. The number of nitrogens with zero attached hydrogens (tertiary/aromatic N) is 5. The lowest BCUT2D eigenvalue weighted by Crippen LogP contribution is -2.49. The Morgan fingerprint density at radius 3 is 2.67 bits per heavy atom. The minimum Gasteiger partial charge on any atom is -0.378 e. The van der Waals surface area contributed by atoms with E-state index >= 15 is 0 Å². The van der Waals surface area contributed by atoms with Crippen molar-refractivity contribution in [1.29, 1.82) is 0 Å². The molecule has 2 saturated heterocycles. The molecule has 0 saturated carbocycles. The van der Waals surface area contributed by atoms with Crippen molar-refractivity contribution in [2.24, 2.45) is 0 Å². The van der Waals surface area contributed by atoms with Gasteiger partial charge in [-0.25, -0.2) is 14.8 Å². The van der Waals surface area contributed by atoms with Gasteiger partial charge in [-0.15, -0.1) is 0 Å². The van der Waals surface area contributed by atoms with Gasteiger partial charge in [-0.05, 0) is 28.6 Å². The third-order valence-electron chi connectivity index (χ3n) is 4.23. The number of amides is 2. The van der Waals surface area contributed by atoms with Crippen LogP contribution in [0.25, 0.3) is 0 Å². The molecule has 0 radical (unpaired) electrons. The van der Waals surface area contributed by atoms with Crippen LogP contribution in [0.1, 0.15) is 6.42 Å². The highest BCUT2D eigenvalue weighted by atomic mass is 79.9. The monoisotopic (exact) mass is 415 g/mol. The van der Waals surface area contributed by atoms with Crippen LogP contribution < -0.4 is 4.90 Å². The first-order valence-electron chi connectivity index (χ1n) is 8.12. The van der Waals surface area contributed by atoms with Gasteiger partial charge in [-0.3, -0.25) is 0 Å². The van der Waals surface area contributed by atoms with Gasteiger partial charge in [0.25, 0.3) is 0 Å². The molecule has 132 valence electrons. The molecule has 2 aliphatic heterocycles. The third kappa shape index (κ3) is 4.12. The maximum Gasteiger partial charge on any atom is 0.320 e. The predicted molar refractivity (Wildman–Crippen MR) is 97.7 cm³/mol. The van der Waals surface area contributed by atoms with Crippen molar-refractivity contribution >= 4 is 39.5 Å². The van der Waals surface area contributed by atoms with Crippen molar-refractivity contribution in [2.75, 3.05) is 63.6 Å². The minimum atomic E-state index is 0.131. The van der Waals surface area contributed by atoms with Crippen molar-refractivity contribution in [3.63, 3.8) is 0 Å². The lowest BCUT2D eigenvalue weighted by Gasteiger charge is -2.32. The first kappa shape index (κ1) is 17.8. The molecule has 7 nitrogen and oxygen atoms in total. The van der Waals surface area contributed by atoms with Crippen LogP contribution in [0.4, 0.5) is 10.6 Å². The van der Waals surface area contributed by atoms with Crippen LogP contribution in [-0.2, 0) is 4.74 Å². The summed E-state index contributed by atoms with van der Waals surface area (Å²) in [5, 5.41) is 0.763. The Balaban J connectivity index is 1.65. The minimum absolute atomic E-state index is 0.131. The maximum absolute atomic E-state index is 12.7. The molecule has 0 aliphatic carbocycles. The Morgan fingerprint density at radius 1 is 1.17 bits per heavy atom. The van der Waals surface area contributed by atoms with E-state index in [1.807, 2.05) is 16.1 Å². The number of carbonyl (C=O) groups is 1. The van der Waals surface area contributed by atoms with Crippen LogP contribution in [0.15, 0.2) is 15.8 Å². The SMILES string of the molecule is CSc1ncc(Br)c(N2CCCN(C(=O)N3CCOCC3)CC2)n1. The predicted octanol–water partition coefficient (Wildman–Crippen LogP) is 1.93. The fraction of sp³-hybridized carbons (Fsp3) is 0.667. The summed E-state index contributed by atoms with van der Waals surface area (Å²) in [6, 6.07) is 0.131. The van der Waals surface area contributed by atoms with Gasteiger partial charge in [-0.1, -0.05) is 11.8 Å². The van der Waals surface area contributed by atoms with Crippen LogP contribution in [0, 0.1) is 0 Å².